The van der Waals surface area contributed by atoms with Gasteiger partial charge in [-0.3, -0.25) is 15.7 Å². The number of benzene rings is 1. The van der Waals surface area contributed by atoms with Gasteiger partial charge in [-0.2, -0.15) is 0 Å². The second-order valence-corrected chi connectivity index (χ2v) is 5.24. The zero-order valence-electron chi connectivity index (χ0n) is 14.4. The molecule has 1 heterocycles. The van der Waals surface area contributed by atoms with Crippen LogP contribution in [-0.4, -0.2) is 35.1 Å². The summed E-state index contributed by atoms with van der Waals surface area (Å²) in [6.45, 7) is 3.38. The maximum Gasteiger partial charge on any atom is 0.195 e. The first kappa shape index (κ1) is 22.6. The molecule has 0 bridgehead atoms. The lowest BCUT2D eigenvalue weighted by Gasteiger charge is -2.00. The number of halogens is 1. The Morgan fingerprint density at radius 1 is 1.36 bits per heavy atom. The van der Waals surface area contributed by atoms with Crippen LogP contribution in [0.2, 0.25) is 0 Å². The van der Waals surface area contributed by atoms with Crippen LogP contribution in [0.1, 0.15) is 25.3 Å². The van der Waals surface area contributed by atoms with Crippen molar-refractivity contribution in [1.82, 2.24) is 10.3 Å². The lowest BCUT2D eigenvalue weighted by Crippen LogP contribution is -2.40. The van der Waals surface area contributed by atoms with Gasteiger partial charge in [-0.05, 0) is 43.1 Å². The van der Waals surface area contributed by atoms with Crippen LogP contribution in [0.25, 0.3) is 10.9 Å². The van der Waals surface area contributed by atoms with Crippen LogP contribution in [0.4, 0.5) is 0 Å². The number of fused-ring (bicyclic) bond motifs is 1. The van der Waals surface area contributed by atoms with E-state index in [1.807, 2.05) is 12.3 Å². The van der Waals surface area contributed by atoms with Crippen molar-refractivity contribution in [2.45, 2.75) is 26.2 Å². The topological polar surface area (TPSA) is 162 Å². The number of nitrogens with two attached hydrogens (primary N) is 3. The smallest absolute Gasteiger partial charge is 0.195 e. The zero-order valence-corrected chi connectivity index (χ0v) is 15.2. The van der Waals surface area contributed by atoms with Gasteiger partial charge in [-0.1, -0.05) is 13.3 Å². The van der Waals surface area contributed by atoms with E-state index < -0.39 is 0 Å². The molecule has 0 saturated heterocycles. The summed E-state index contributed by atoms with van der Waals surface area (Å²) in [6.07, 6.45) is 4.86. The van der Waals surface area contributed by atoms with Crippen LogP contribution in [0.5, 0.6) is 5.75 Å². The molecule has 0 fully saturated rings. The Morgan fingerprint density at radius 2 is 2.08 bits per heavy atom. The second kappa shape index (κ2) is 12.0. The molecule has 0 spiro atoms. The van der Waals surface area contributed by atoms with Crippen molar-refractivity contribution in [3.8, 4) is 5.75 Å². The molecule has 2 rings (SSSR count). The Bertz CT molecular complexity index is 684. The molecule has 0 aliphatic rings. The van der Waals surface area contributed by atoms with Gasteiger partial charge in [0.05, 0.1) is 0 Å². The van der Waals surface area contributed by atoms with Crippen molar-refractivity contribution in [3.63, 3.8) is 0 Å². The molecule has 0 saturated carbocycles. The van der Waals surface area contributed by atoms with Crippen LogP contribution < -0.4 is 22.5 Å². The normalized spacial score (nSPS) is 10.6. The molecule has 0 radical (unpaired) electrons. The molecule has 2 aromatic rings. The van der Waals surface area contributed by atoms with Gasteiger partial charge in [0.15, 0.2) is 11.9 Å². The number of aromatic amines is 1. The van der Waals surface area contributed by atoms with Gasteiger partial charge in [0.1, 0.15) is 5.75 Å². The number of nitrogens with one attached hydrogen (secondary N) is 3. The number of guanidine groups is 2. The molecule has 8 nitrogen and oxygen atoms in total. The summed E-state index contributed by atoms with van der Waals surface area (Å²) in [7, 11) is 0. The third-order valence-corrected chi connectivity index (χ3v) is 3.22. The number of aromatic hydroxyl groups is 1. The first-order valence-electron chi connectivity index (χ1n) is 7.88. The van der Waals surface area contributed by atoms with Gasteiger partial charge in [0.2, 0.25) is 0 Å². The number of rotatable bonds is 5. The quantitative estimate of drug-likeness (QED) is 0.240. The summed E-state index contributed by atoms with van der Waals surface area (Å²) in [6, 6.07) is 5.30. The highest BCUT2D eigenvalue weighted by Gasteiger charge is 2.02. The Hall–Kier alpha value is -2.45. The number of hydrogen-bond donors (Lipinski definition) is 7. The first-order chi connectivity index (χ1) is 11.5. The Morgan fingerprint density at radius 3 is 2.68 bits per heavy atom. The van der Waals surface area contributed by atoms with Gasteiger partial charge in [0.25, 0.3) is 0 Å². The van der Waals surface area contributed by atoms with E-state index in [9.17, 15) is 5.11 Å². The van der Waals surface area contributed by atoms with Gasteiger partial charge in [-0.25, -0.2) is 0 Å². The minimum absolute atomic E-state index is 0. The monoisotopic (exact) mass is 369 g/mol. The Balaban J connectivity index is 0.000000451. The molecule has 0 aliphatic heterocycles. The van der Waals surface area contributed by atoms with Crippen LogP contribution in [0.3, 0.4) is 0 Å². The number of aromatic nitrogens is 1. The molecule has 1 aromatic heterocycles. The van der Waals surface area contributed by atoms with E-state index in [0.29, 0.717) is 18.8 Å². The standard InChI is InChI=1S/C10H12N2O.C6H15N5.ClH/c11-4-3-7-6-12-10-2-1-8(13)5-9(7)10;1-2-3-4-10-6(9)11-5(7)8;/h1-2,5-6,12-13H,3-4,11H2;2-4H2,1H3,(H6,7,8,9,10,11);1H. The van der Waals surface area contributed by atoms with E-state index in [4.69, 9.17) is 22.6 Å². The summed E-state index contributed by atoms with van der Waals surface area (Å²) >= 11 is 0. The lowest BCUT2D eigenvalue weighted by atomic mass is 10.1. The van der Waals surface area contributed by atoms with E-state index >= 15 is 0 Å². The van der Waals surface area contributed by atoms with Crippen molar-refractivity contribution >= 4 is 35.2 Å². The summed E-state index contributed by atoms with van der Waals surface area (Å²) in [5.74, 6) is 0.332. The van der Waals surface area contributed by atoms with Crippen LogP contribution in [0.15, 0.2) is 29.4 Å². The van der Waals surface area contributed by atoms with E-state index in [1.54, 1.807) is 12.1 Å². The molecule has 140 valence electrons. The van der Waals surface area contributed by atoms with Crippen molar-refractivity contribution in [3.05, 3.63) is 30.0 Å². The maximum atomic E-state index is 9.30. The molecule has 9 heteroatoms. The van der Waals surface area contributed by atoms with E-state index in [-0.39, 0.29) is 24.3 Å². The highest BCUT2D eigenvalue weighted by Crippen LogP contribution is 2.22. The van der Waals surface area contributed by atoms with Crippen molar-refractivity contribution in [2.24, 2.45) is 22.2 Å². The second-order valence-electron chi connectivity index (χ2n) is 5.24. The number of phenols is 1. The molecule has 25 heavy (non-hydrogen) atoms. The lowest BCUT2D eigenvalue weighted by molar-refractivity contribution is 0.476. The fraction of sp³-hybridized carbons (Fsp3) is 0.375. The summed E-state index contributed by atoms with van der Waals surface area (Å²) in [5, 5.41) is 19.6. The third kappa shape index (κ3) is 8.27. The number of phenolic OH excluding ortho intramolecular Hbond substituents is 1. The summed E-state index contributed by atoms with van der Waals surface area (Å²) < 4.78 is 0. The van der Waals surface area contributed by atoms with Crippen LogP contribution in [-0.2, 0) is 6.42 Å². The van der Waals surface area contributed by atoms with Gasteiger partial charge in [0, 0.05) is 23.6 Å². The zero-order chi connectivity index (χ0) is 17.9. The average molecular weight is 370 g/mol. The summed E-state index contributed by atoms with van der Waals surface area (Å²) in [4.78, 5) is 7.05. The van der Waals surface area contributed by atoms with Crippen molar-refractivity contribution in [2.75, 3.05) is 13.1 Å². The maximum absolute atomic E-state index is 9.30. The largest absolute Gasteiger partial charge is 0.508 e. The first-order valence-corrected chi connectivity index (χ1v) is 7.88. The van der Waals surface area contributed by atoms with Crippen molar-refractivity contribution < 1.29 is 5.11 Å². The SMILES string of the molecule is CCCCN=C(N)NC(=N)N.Cl.NCCc1c[nH]c2ccc(O)cc12. The predicted octanol–water partition coefficient (Wildman–Crippen LogP) is 1.38. The molecule has 0 aliphatic carbocycles. The fourth-order valence-electron chi connectivity index (χ4n) is 2.06. The highest BCUT2D eigenvalue weighted by atomic mass is 35.5. The fourth-order valence-corrected chi connectivity index (χ4v) is 2.06. The average Bonchev–Trinajstić information content (AvgIpc) is 2.90. The molecule has 0 atom stereocenters. The van der Waals surface area contributed by atoms with E-state index in [2.05, 4.69) is 22.2 Å². The van der Waals surface area contributed by atoms with E-state index in [0.717, 1.165) is 35.7 Å². The Kier molecular flexibility index (Phi) is 10.8. The van der Waals surface area contributed by atoms with Crippen LogP contribution >= 0.6 is 12.4 Å². The number of unbranched alkanes of at least 4 members (excludes halogenated alkanes) is 1. The molecule has 10 N–H and O–H groups in total. The van der Waals surface area contributed by atoms with Gasteiger partial charge < -0.3 is 27.3 Å². The number of nitrogens with zero attached hydrogens (tertiary/aromatic N) is 1. The van der Waals surface area contributed by atoms with Crippen LogP contribution in [0, 0.1) is 5.41 Å². The molecule has 1 aromatic carbocycles. The van der Waals surface area contributed by atoms with Crippen molar-refractivity contribution in [1.29, 1.82) is 5.41 Å². The predicted molar refractivity (Wildman–Crippen MR) is 106 cm³/mol. The molecule has 0 amide bonds. The summed E-state index contributed by atoms with van der Waals surface area (Å²) in [5.41, 5.74) is 18.0. The molecular formula is C16H28ClN7O. The molecular weight excluding hydrogens is 342 g/mol. The Labute approximate surface area is 153 Å². The minimum atomic E-state index is -0.178. The highest BCUT2D eigenvalue weighted by molar-refractivity contribution is 5.95. The third-order valence-electron chi connectivity index (χ3n) is 3.22. The number of hydrogen-bond acceptors (Lipinski definition) is 4. The van der Waals surface area contributed by atoms with Gasteiger partial charge >= 0.3 is 0 Å². The van der Waals surface area contributed by atoms with Gasteiger partial charge in [-0.15, -0.1) is 12.4 Å². The minimum Gasteiger partial charge on any atom is -0.508 e. The number of aliphatic imine (C=N–C) groups is 1. The number of H-pyrrole nitrogens is 1. The van der Waals surface area contributed by atoms with E-state index in [1.165, 1.54) is 0 Å². The molecule has 0 unspecified atom stereocenters.